The number of anilines is 6. The van der Waals surface area contributed by atoms with Crippen molar-refractivity contribution in [3.63, 3.8) is 0 Å². The zero-order valence-corrected chi connectivity index (χ0v) is 39.0. The average Bonchev–Trinajstić information content (AvgIpc) is 3.90. The number of nitrogens with zero attached hydrogens (tertiary/aromatic N) is 2. The summed E-state index contributed by atoms with van der Waals surface area (Å²) in [5, 5.41) is 0. The highest BCUT2D eigenvalue weighted by Gasteiger charge is 2.51. The Morgan fingerprint density at radius 1 is 0.343 bits per heavy atom. The second-order valence-electron chi connectivity index (χ2n) is 20.1. The first-order chi connectivity index (χ1) is 34.7. The fraction of sp³-hybridized carbons (Fsp3) is 0.104. The van der Waals surface area contributed by atoms with Crippen molar-refractivity contribution in [1.29, 1.82) is 0 Å². The molecule has 5 aliphatic rings. The summed E-state index contributed by atoms with van der Waals surface area (Å²) in [6, 6.07) is 87.5. The second kappa shape index (κ2) is 15.4. The largest absolute Gasteiger partial charge is 0.311 e. The third kappa shape index (κ3) is 5.64. The highest BCUT2D eigenvalue weighted by molar-refractivity contribution is 7.00. The second-order valence-corrected chi connectivity index (χ2v) is 20.1. The van der Waals surface area contributed by atoms with E-state index in [-0.39, 0.29) is 12.1 Å². The molecule has 330 valence electrons. The number of hydrogen-bond acceptors (Lipinski definition) is 2. The topological polar surface area (TPSA) is 6.48 Å². The van der Waals surface area contributed by atoms with Crippen LogP contribution in [0.2, 0.25) is 0 Å². The van der Waals surface area contributed by atoms with Gasteiger partial charge in [0.1, 0.15) is 0 Å². The lowest BCUT2D eigenvalue weighted by molar-refractivity contribution is 0.444. The Kier molecular flexibility index (Phi) is 8.78. The molecular weight excluding hydrogens is 844 g/mol. The van der Waals surface area contributed by atoms with Gasteiger partial charge in [0.05, 0.1) is 5.41 Å². The van der Waals surface area contributed by atoms with Crippen LogP contribution in [0.15, 0.2) is 231 Å². The van der Waals surface area contributed by atoms with Gasteiger partial charge in [0.2, 0.25) is 0 Å². The summed E-state index contributed by atoms with van der Waals surface area (Å²) in [5.74, 6) is 0.530. The van der Waals surface area contributed by atoms with Gasteiger partial charge in [-0.05, 0) is 162 Å². The van der Waals surface area contributed by atoms with Gasteiger partial charge in [-0.3, -0.25) is 0 Å². The summed E-state index contributed by atoms with van der Waals surface area (Å²) in [5.41, 5.74) is 28.4. The van der Waals surface area contributed by atoms with Crippen molar-refractivity contribution < 1.29 is 0 Å². The minimum absolute atomic E-state index is 0.0990. The number of fused-ring (bicyclic) bond motifs is 14. The van der Waals surface area contributed by atoms with Gasteiger partial charge in [-0.2, -0.15) is 0 Å². The molecule has 0 N–H and O–H groups in total. The molecule has 2 heterocycles. The average molecular weight is 893 g/mol. The fourth-order valence-corrected chi connectivity index (χ4v) is 13.7. The van der Waals surface area contributed by atoms with Crippen molar-refractivity contribution in [3.05, 3.63) is 258 Å². The third-order valence-electron chi connectivity index (χ3n) is 16.7. The highest BCUT2D eigenvalue weighted by Crippen LogP contribution is 2.63. The van der Waals surface area contributed by atoms with Crippen LogP contribution in [-0.4, -0.2) is 6.71 Å². The van der Waals surface area contributed by atoms with Gasteiger partial charge in [-0.25, -0.2) is 0 Å². The zero-order valence-electron chi connectivity index (χ0n) is 39.0. The molecule has 1 spiro atoms. The van der Waals surface area contributed by atoms with Gasteiger partial charge >= 0.3 is 0 Å². The Hall–Kier alpha value is -8.14. The first kappa shape index (κ1) is 39.8. The van der Waals surface area contributed by atoms with Crippen LogP contribution in [0.25, 0.3) is 44.5 Å². The number of hydrogen-bond donors (Lipinski definition) is 0. The summed E-state index contributed by atoms with van der Waals surface area (Å²) < 4.78 is 0. The number of para-hydroxylation sites is 2. The lowest BCUT2D eigenvalue weighted by atomic mass is 9.33. The third-order valence-corrected chi connectivity index (χ3v) is 16.7. The van der Waals surface area contributed by atoms with E-state index in [1.54, 1.807) is 0 Å². The quantitative estimate of drug-likeness (QED) is 0.159. The van der Waals surface area contributed by atoms with E-state index in [1.807, 2.05) is 0 Å². The maximum Gasteiger partial charge on any atom is 0.252 e. The van der Waals surface area contributed by atoms with Gasteiger partial charge in [0.25, 0.3) is 6.71 Å². The Labute approximate surface area is 411 Å². The smallest absolute Gasteiger partial charge is 0.252 e. The van der Waals surface area contributed by atoms with Crippen LogP contribution in [0.3, 0.4) is 0 Å². The van der Waals surface area contributed by atoms with E-state index < -0.39 is 0 Å². The SMILES string of the molecule is c1ccc(-c2ccc(N3c4ccccc4B4c5ccccc5N(c5ccc(-c6ccc7c(c6)C6(c8ccccc8-c8ccccc86)c6ccccc6-7)cc5)c5cc(C6CCCCC6)cc3c54)cc2)cc1. The van der Waals surface area contributed by atoms with E-state index in [4.69, 9.17) is 0 Å². The highest BCUT2D eigenvalue weighted by atomic mass is 15.2. The molecule has 2 nitrogen and oxygen atoms in total. The van der Waals surface area contributed by atoms with Gasteiger partial charge < -0.3 is 9.80 Å². The van der Waals surface area contributed by atoms with Crippen molar-refractivity contribution >= 4 is 57.2 Å². The molecule has 3 heteroatoms. The van der Waals surface area contributed by atoms with Crippen LogP contribution < -0.4 is 26.2 Å². The maximum absolute atomic E-state index is 2.59. The standard InChI is InChI=1S/C67H49BN2/c1-3-17-44(18-4-1)46-31-36-50(37-32-46)69-62-29-15-13-27-60(62)68-61-28-14-16-30-63(61)70(65-43-49(42-64(69)66(65)68)45-19-5-2-6-20-45)51-38-33-47(34-39-51)48-35-40-55-54-23-9-12-26-58(54)67(59(55)41-48)56-24-10-7-21-52(56)53-22-8-11-25-57(53)67/h1,3-4,7-18,21-43,45H,2,5-6,19-20H2. The Morgan fingerprint density at radius 3 is 1.31 bits per heavy atom. The van der Waals surface area contributed by atoms with Gasteiger partial charge in [0.15, 0.2) is 0 Å². The Balaban J connectivity index is 0.891. The molecular formula is C67H49BN2. The molecule has 0 radical (unpaired) electrons. The number of rotatable bonds is 5. The summed E-state index contributed by atoms with van der Waals surface area (Å²) in [6.07, 6.45) is 6.37. The van der Waals surface area contributed by atoms with Crippen LogP contribution >= 0.6 is 0 Å². The summed E-state index contributed by atoms with van der Waals surface area (Å²) in [6.45, 7) is 0.0990. The van der Waals surface area contributed by atoms with Crippen molar-refractivity contribution in [3.8, 4) is 44.5 Å². The molecule has 0 atom stereocenters. The number of benzene rings is 10. The van der Waals surface area contributed by atoms with Crippen LogP contribution in [0.4, 0.5) is 34.1 Å². The molecule has 1 saturated carbocycles. The van der Waals surface area contributed by atoms with Crippen molar-refractivity contribution in [2.24, 2.45) is 0 Å². The van der Waals surface area contributed by atoms with E-state index >= 15 is 0 Å². The molecule has 10 aromatic carbocycles. The van der Waals surface area contributed by atoms with Crippen LogP contribution in [-0.2, 0) is 5.41 Å². The van der Waals surface area contributed by atoms with Gasteiger partial charge in [0, 0.05) is 34.1 Å². The van der Waals surface area contributed by atoms with Crippen LogP contribution in [0.5, 0.6) is 0 Å². The maximum atomic E-state index is 2.59. The molecule has 0 saturated heterocycles. The van der Waals surface area contributed by atoms with Crippen LogP contribution in [0.1, 0.15) is 65.8 Å². The van der Waals surface area contributed by atoms with E-state index in [2.05, 4.69) is 240 Å². The van der Waals surface area contributed by atoms with E-state index in [1.165, 1.54) is 155 Å². The van der Waals surface area contributed by atoms with Gasteiger partial charge in [-0.15, -0.1) is 0 Å². The van der Waals surface area contributed by atoms with Crippen molar-refractivity contribution in [1.82, 2.24) is 0 Å². The molecule has 10 aromatic rings. The lowest BCUT2D eigenvalue weighted by Crippen LogP contribution is -2.61. The molecule has 0 aromatic heterocycles. The fourth-order valence-electron chi connectivity index (χ4n) is 13.7. The summed E-state index contributed by atoms with van der Waals surface area (Å²) in [4.78, 5) is 5.16. The van der Waals surface area contributed by atoms with E-state index in [9.17, 15) is 0 Å². The lowest BCUT2D eigenvalue weighted by Gasteiger charge is -2.45. The first-order valence-electron chi connectivity index (χ1n) is 25.4. The predicted molar refractivity (Wildman–Crippen MR) is 293 cm³/mol. The Bertz CT molecular complexity index is 3650. The normalized spacial score (nSPS) is 15.4. The zero-order chi connectivity index (χ0) is 45.9. The molecule has 0 unspecified atom stereocenters. The van der Waals surface area contributed by atoms with Gasteiger partial charge in [-0.1, -0.05) is 195 Å². The molecule has 0 bridgehead atoms. The van der Waals surface area contributed by atoms with Crippen LogP contribution in [0, 0.1) is 0 Å². The minimum Gasteiger partial charge on any atom is -0.311 e. The molecule has 2 aliphatic heterocycles. The molecule has 70 heavy (non-hydrogen) atoms. The molecule has 15 rings (SSSR count). The molecule has 3 aliphatic carbocycles. The van der Waals surface area contributed by atoms with E-state index in [0.29, 0.717) is 5.92 Å². The predicted octanol–water partition coefficient (Wildman–Crippen LogP) is 15.5. The summed E-state index contributed by atoms with van der Waals surface area (Å²) >= 11 is 0. The first-order valence-corrected chi connectivity index (χ1v) is 25.4. The molecule has 0 amide bonds. The van der Waals surface area contributed by atoms with Crippen molar-refractivity contribution in [2.75, 3.05) is 9.80 Å². The summed E-state index contributed by atoms with van der Waals surface area (Å²) in [7, 11) is 0. The van der Waals surface area contributed by atoms with E-state index in [0.717, 1.165) is 0 Å². The Morgan fingerprint density at radius 2 is 0.771 bits per heavy atom. The monoisotopic (exact) mass is 892 g/mol. The van der Waals surface area contributed by atoms with Crippen molar-refractivity contribution in [2.45, 2.75) is 43.4 Å². The molecule has 1 fully saturated rings. The minimum atomic E-state index is -0.373.